The Hall–Kier alpha value is -2.31. The fourth-order valence-corrected chi connectivity index (χ4v) is 2.78. The summed E-state index contributed by atoms with van der Waals surface area (Å²) in [6, 6.07) is 5.33. The van der Waals surface area contributed by atoms with Gasteiger partial charge in [0.05, 0.1) is 9.90 Å². The van der Waals surface area contributed by atoms with Crippen LogP contribution < -0.4 is 5.32 Å². The van der Waals surface area contributed by atoms with Crippen molar-refractivity contribution in [2.24, 2.45) is 0 Å². The molecule has 0 amide bonds. The number of ketones is 1. The van der Waals surface area contributed by atoms with E-state index >= 15 is 0 Å². The van der Waals surface area contributed by atoms with Crippen molar-refractivity contribution in [2.45, 2.75) is 6.92 Å². The molecule has 3 rings (SSSR count). The standard InChI is InChI=1S/C15H11ClN4OS/c1-9(21)10-5-11(7-17-6-10)13-8-19-15(22-13)20-14-12(16)3-2-4-18-14/h2-8H,1H3,(H,18,19,20). The van der Waals surface area contributed by atoms with Gasteiger partial charge in [-0.25, -0.2) is 9.97 Å². The number of anilines is 2. The summed E-state index contributed by atoms with van der Waals surface area (Å²) < 4.78 is 0. The lowest BCUT2D eigenvalue weighted by Crippen LogP contribution is -1.93. The highest BCUT2D eigenvalue weighted by atomic mass is 35.5. The van der Waals surface area contributed by atoms with Crippen LogP contribution in [0.25, 0.3) is 10.4 Å². The highest BCUT2D eigenvalue weighted by molar-refractivity contribution is 7.18. The van der Waals surface area contributed by atoms with Crippen molar-refractivity contribution in [3.63, 3.8) is 0 Å². The molecule has 3 heterocycles. The molecule has 22 heavy (non-hydrogen) atoms. The van der Waals surface area contributed by atoms with Gasteiger partial charge in [-0.2, -0.15) is 0 Å². The van der Waals surface area contributed by atoms with E-state index in [1.807, 2.05) is 0 Å². The smallest absolute Gasteiger partial charge is 0.188 e. The highest BCUT2D eigenvalue weighted by Gasteiger charge is 2.09. The summed E-state index contributed by atoms with van der Waals surface area (Å²) in [7, 11) is 0. The third kappa shape index (κ3) is 3.13. The summed E-state index contributed by atoms with van der Waals surface area (Å²) in [5.74, 6) is 0.540. The van der Waals surface area contributed by atoms with Gasteiger partial charge in [0, 0.05) is 35.9 Å². The van der Waals surface area contributed by atoms with Gasteiger partial charge in [-0.05, 0) is 25.1 Å². The average molecular weight is 331 g/mol. The van der Waals surface area contributed by atoms with E-state index in [9.17, 15) is 4.79 Å². The molecule has 0 radical (unpaired) electrons. The van der Waals surface area contributed by atoms with Crippen LogP contribution in [0.1, 0.15) is 17.3 Å². The molecule has 7 heteroatoms. The molecule has 5 nitrogen and oxygen atoms in total. The van der Waals surface area contributed by atoms with Crippen molar-refractivity contribution in [2.75, 3.05) is 5.32 Å². The lowest BCUT2D eigenvalue weighted by atomic mass is 10.1. The fourth-order valence-electron chi connectivity index (χ4n) is 1.81. The van der Waals surface area contributed by atoms with Gasteiger partial charge < -0.3 is 5.32 Å². The monoisotopic (exact) mass is 330 g/mol. The minimum Gasteiger partial charge on any atom is -0.315 e. The lowest BCUT2D eigenvalue weighted by molar-refractivity contribution is 0.101. The summed E-state index contributed by atoms with van der Waals surface area (Å²) in [5, 5.41) is 4.27. The Labute approximate surface area is 136 Å². The first-order valence-corrected chi connectivity index (χ1v) is 7.62. The average Bonchev–Trinajstić information content (AvgIpc) is 2.98. The zero-order chi connectivity index (χ0) is 15.5. The predicted octanol–water partition coefficient (Wildman–Crippen LogP) is 4.20. The van der Waals surface area contributed by atoms with E-state index in [2.05, 4.69) is 20.3 Å². The van der Waals surface area contributed by atoms with Crippen LogP contribution in [-0.2, 0) is 0 Å². The third-order valence-electron chi connectivity index (χ3n) is 2.92. The molecule has 0 spiro atoms. The van der Waals surface area contributed by atoms with Crippen molar-refractivity contribution in [3.8, 4) is 10.4 Å². The van der Waals surface area contributed by atoms with Gasteiger partial charge in [-0.3, -0.25) is 9.78 Å². The Morgan fingerprint density at radius 3 is 2.91 bits per heavy atom. The molecule has 0 aliphatic heterocycles. The molecule has 0 aliphatic carbocycles. The normalized spacial score (nSPS) is 10.5. The largest absolute Gasteiger partial charge is 0.315 e. The maximum absolute atomic E-state index is 11.4. The first kappa shape index (κ1) is 14.6. The second kappa shape index (κ2) is 6.21. The number of nitrogens with one attached hydrogen (secondary N) is 1. The van der Waals surface area contributed by atoms with Crippen molar-refractivity contribution in [3.05, 3.63) is 53.6 Å². The topological polar surface area (TPSA) is 67.8 Å². The lowest BCUT2D eigenvalue weighted by Gasteiger charge is -2.02. The second-order valence-corrected chi connectivity index (χ2v) is 5.94. The number of carbonyl (C=O) groups excluding carboxylic acids is 1. The van der Waals surface area contributed by atoms with Crippen LogP contribution in [-0.4, -0.2) is 20.7 Å². The van der Waals surface area contributed by atoms with Crippen LogP contribution >= 0.6 is 22.9 Å². The summed E-state index contributed by atoms with van der Waals surface area (Å²) in [4.78, 5) is 24.9. The van der Waals surface area contributed by atoms with E-state index in [4.69, 9.17) is 11.6 Å². The number of nitrogens with zero attached hydrogens (tertiary/aromatic N) is 3. The minimum atomic E-state index is -0.0162. The Kier molecular flexibility index (Phi) is 4.13. The van der Waals surface area contributed by atoms with E-state index in [0.29, 0.717) is 21.5 Å². The van der Waals surface area contributed by atoms with E-state index in [1.165, 1.54) is 18.3 Å². The Morgan fingerprint density at radius 1 is 1.27 bits per heavy atom. The third-order valence-corrected chi connectivity index (χ3v) is 4.19. The molecule has 0 aliphatic rings. The van der Waals surface area contributed by atoms with E-state index in [1.54, 1.807) is 43.0 Å². The van der Waals surface area contributed by atoms with Crippen molar-refractivity contribution < 1.29 is 4.79 Å². The molecular formula is C15H11ClN4OS. The Morgan fingerprint density at radius 2 is 2.14 bits per heavy atom. The maximum Gasteiger partial charge on any atom is 0.188 e. The first-order valence-electron chi connectivity index (χ1n) is 6.43. The first-order chi connectivity index (χ1) is 10.6. The number of rotatable bonds is 4. The SMILES string of the molecule is CC(=O)c1cncc(-c2cnc(Nc3ncccc3Cl)s2)c1. The maximum atomic E-state index is 11.4. The van der Waals surface area contributed by atoms with Crippen molar-refractivity contribution >= 4 is 39.7 Å². The molecule has 0 unspecified atom stereocenters. The molecule has 0 bridgehead atoms. The summed E-state index contributed by atoms with van der Waals surface area (Å²) in [5.41, 5.74) is 1.43. The quantitative estimate of drug-likeness (QED) is 0.726. The second-order valence-electron chi connectivity index (χ2n) is 4.51. The number of hydrogen-bond donors (Lipinski definition) is 1. The van der Waals surface area contributed by atoms with Crippen LogP contribution in [0.15, 0.2) is 43.0 Å². The molecule has 3 aromatic rings. The van der Waals surface area contributed by atoms with Crippen LogP contribution in [0, 0.1) is 0 Å². The van der Waals surface area contributed by atoms with E-state index in [-0.39, 0.29) is 5.78 Å². The number of halogens is 1. The van der Waals surface area contributed by atoms with Crippen LogP contribution in [0.3, 0.4) is 0 Å². The van der Waals surface area contributed by atoms with Gasteiger partial charge in [0.25, 0.3) is 0 Å². The Balaban J connectivity index is 1.86. The summed E-state index contributed by atoms with van der Waals surface area (Å²) in [6.45, 7) is 1.52. The number of carbonyl (C=O) groups is 1. The molecule has 3 aromatic heterocycles. The van der Waals surface area contributed by atoms with Gasteiger partial charge in [-0.15, -0.1) is 0 Å². The van der Waals surface area contributed by atoms with Gasteiger partial charge in [0.2, 0.25) is 0 Å². The van der Waals surface area contributed by atoms with Crippen LogP contribution in [0.2, 0.25) is 5.02 Å². The molecule has 110 valence electrons. The minimum absolute atomic E-state index is 0.0162. The van der Waals surface area contributed by atoms with Crippen LogP contribution in [0.5, 0.6) is 0 Å². The Bertz CT molecular complexity index is 834. The molecule has 0 fully saturated rings. The number of pyridine rings is 2. The summed E-state index contributed by atoms with van der Waals surface area (Å²) >= 11 is 7.50. The molecule has 0 aromatic carbocycles. The molecule has 1 N–H and O–H groups in total. The fraction of sp³-hybridized carbons (Fsp3) is 0.0667. The highest BCUT2D eigenvalue weighted by Crippen LogP contribution is 2.31. The molecule has 0 saturated heterocycles. The number of aromatic nitrogens is 3. The van der Waals surface area contributed by atoms with Gasteiger partial charge in [0.1, 0.15) is 0 Å². The number of hydrogen-bond acceptors (Lipinski definition) is 6. The summed E-state index contributed by atoms with van der Waals surface area (Å²) in [6.07, 6.45) is 6.64. The van der Waals surface area contributed by atoms with Gasteiger partial charge in [-0.1, -0.05) is 22.9 Å². The van der Waals surface area contributed by atoms with E-state index < -0.39 is 0 Å². The zero-order valence-corrected chi connectivity index (χ0v) is 13.1. The predicted molar refractivity (Wildman–Crippen MR) is 87.9 cm³/mol. The molecule has 0 atom stereocenters. The van der Waals surface area contributed by atoms with Crippen molar-refractivity contribution in [1.82, 2.24) is 15.0 Å². The van der Waals surface area contributed by atoms with Crippen LogP contribution in [0.4, 0.5) is 10.9 Å². The number of Topliss-reactive ketones (excluding diaryl/α,β-unsaturated/α-hetero) is 1. The van der Waals surface area contributed by atoms with Gasteiger partial charge >= 0.3 is 0 Å². The zero-order valence-electron chi connectivity index (χ0n) is 11.6. The molecule has 0 saturated carbocycles. The molecular weight excluding hydrogens is 320 g/mol. The number of thiazole rings is 1. The van der Waals surface area contributed by atoms with Crippen molar-refractivity contribution in [1.29, 1.82) is 0 Å². The van der Waals surface area contributed by atoms with Gasteiger partial charge in [0.15, 0.2) is 16.7 Å². The van der Waals surface area contributed by atoms with E-state index in [0.717, 1.165) is 10.4 Å².